The molecule has 0 bridgehead atoms. The number of pyridine rings is 1. The van der Waals surface area contributed by atoms with Crippen molar-refractivity contribution < 1.29 is 0 Å². The highest BCUT2D eigenvalue weighted by Gasteiger charge is 2.05. The summed E-state index contributed by atoms with van der Waals surface area (Å²) in [6.45, 7) is 4.91. The predicted octanol–water partition coefficient (Wildman–Crippen LogP) is 2.53. The van der Waals surface area contributed by atoms with E-state index in [9.17, 15) is 0 Å². The molecule has 0 radical (unpaired) electrons. The summed E-state index contributed by atoms with van der Waals surface area (Å²) >= 11 is 3.32. The summed E-state index contributed by atoms with van der Waals surface area (Å²) in [6, 6.07) is 1.86. The zero-order valence-electron chi connectivity index (χ0n) is 10.4. The lowest BCUT2D eigenvalue weighted by Crippen LogP contribution is -2.12. The van der Waals surface area contributed by atoms with Crippen molar-refractivity contribution in [3.05, 3.63) is 29.5 Å². The van der Waals surface area contributed by atoms with E-state index in [1.807, 2.05) is 18.5 Å². The number of nitrogens with zero attached hydrogens (tertiary/aromatic N) is 3. The Balaban J connectivity index is 1.94. The monoisotopic (exact) mass is 293 g/mol. The third-order valence-corrected chi connectivity index (χ3v) is 4.50. The number of aromatic nitrogens is 2. The van der Waals surface area contributed by atoms with Gasteiger partial charge < -0.3 is 11.1 Å². The Kier molecular flexibility index (Phi) is 5.31. The van der Waals surface area contributed by atoms with Crippen LogP contribution < -0.4 is 11.1 Å². The number of hydrogen-bond acceptors (Lipinski definition) is 7. The summed E-state index contributed by atoms with van der Waals surface area (Å²) in [5, 5.41) is 4.08. The zero-order chi connectivity index (χ0) is 13.5. The first-order valence-electron chi connectivity index (χ1n) is 5.75. The summed E-state index contributed by atoms with van der Waals surface area (Å²) in [7, 11) is 0. The van der Waals surface area contributed by atoms with Gasteiger partial charge >= 0.3 is 0 Å². The molecule has 5 nitrogen and oxygen atoms in total. The number of rotatable bonds is 7. The highest BCUT2D eigenvalue weighted by Crippen LogP contribution is 2.32. The highest BCUT2D eigenvalue weighted by molar-refractivity contribution is 7.98. The first-order valence-corrected chi connectivity index (χ1v) is 7.56. The molecule has 0 amide bonds. The van der Waals surface area contributed by atoms with Gasteiger partial charge in [0.25, 0.3) is 0 Å². The molecular weight excluding hydrogens is 278 g/mol. The van der Waals surface area contributed by atoms with Gasteiger partial charge in [0, 0.05) is 42.3 Å². The standard InChI is InChI=1S/C12H15N5S2/c1-14-10-2-4-15-7-11(10)18-8-9-6-17-12(19-9)16-5-3-13/h2,4,6-7H,1,3,5,8,13H2,(H,16,17). The fraction of sp³-hybridized carbons (Fsp3) is 0.250. The summed E-state index contributed by atoms with van der Waals surface area (Å²) < 4.78 is 0. The highest BCUT2D eigenvalue weighted by atomic mass is 32.2. The Labute approximate surface area is 120 Å². The number of aliphatic imine (C=N–C) groups is 1. The van der Waals surface area contributed by atoms with E-state index in [2.05, 4.69) is 27.0 Å². The third-order valence-electron chi connectivity index (χ3n) is 2.28. The molecule has 0 aliphatic rings. The Bertz CT molecular complexity index is 540. The van der Waals surface area contributed by atoms with E-state index in [0.29, 0.717) is 6.54 Å². The van der Waals surface area contributed by atoms with E-state index >= 15 is 0 Å². The second-order valence-corrected chi connectivity index (χ2v) is 5.77. The summed E-state index contributed by atoms with van der Waals surface area (Å²) in [5.41, 5.74) is 6.30. The Morgan fingerprint density at radius 2 is 2.37 bits per heavy atom. The van der Waals surface area contributed by atoms with Gasteiger partial charge in [-0.05, 0) is 12.8 Å². The van der Waals surface area contributed by atoms with E-state index in [4.69, 9.17) is 5.73 Å². The van der Waals surface area contributed by atoms with Gasteiger partial charge in [-0.1, -0.05) is 0 Å². The molecule has 0 spiro atoms. The Morgan fingerprint density at radius 3 is 3.16 bits per heavy atom. The van der Waals surface area contributed by atoms with Crippen LogP contribution in [-0.2, 0) is 5.75 Å². The molecule has 2 aromatic heterocycles. The topological polar surface area (TPSA) is 76.2 Å². The Hall–Kier alpha value is -1.44. The lowest BCUT2D eigenvalue weighted by atomic mass is 10.4. The Morgan fingerprint density at radius 1 is 1.47 bits per heavy atom. The molecule has 2 aromatic rings. The van der Waals surface area contributed by atoms with Crippen molar-refractivity contribution in [1.29, 1.82) is 0 Å². The van der Waals surface area contributed by atoms with Gasteiger partial charge in [0.05, 0.1) is 10.6 Å². The van der Waals surface area contributed by atoms with E-state index < -0.39 is 0 Å². The SMILES string of the molecule is C=Nc1ccncc1SCc1cnc(NCCN)s1. The van der Waals surface area contributed by atoms with Crippen LogP contribution in [0.15, 0.2) is 34.5 Å². The molecule has 0 atom stereocenters. The lowest BCUT2D eigenvalue weighted by Gasteiger charge is -2.02. The van der Waals surface area contributed by atoms with Crippen molar-refractivity contribution >= 4 is 40.6 Å². The quantitative estimate of drug-likeness (QED) is 0.606. The van der Waals surface area contributed by atoms with Crippen LogP contribution in [0.4, 0.5) is 10.8 Å². The average Bonchev–Trinajstić information content (AvgIpc) is 2.91. The molecule has 100 valence electrons. The molecule has 0 fully saturated rings. The maximum absolute atomic E-state index is 5.44. The molecular formula is C12H15N5S2. The number of thiazole rings is 1. The summed E-state index contributed by atoms with van der Waals surface area (Å²) in [4.78, 5) is 14.6. The first kappa shape index (κ1) is 14.0. The average molecular weight is 293 g/mol. The third kappa shape index (κ3) is 4.02. The molecule has 2 heterocycles. The van der Waals surface area contributed by atoms with E-state index in [1.54, 1.807) is 29.3 Å². The normalized spacial score (nSPS) is 10.4. The van der Waals surface area contributed by atoms with E-state index in [-0.39, 0.29) is 0 Å². The molecule has 7 heteroatoms. The van der Waals surface area contributed by atoms with Crippen molar-refractivity contribution in [3.8, 4) is 0 Å². The number of thioether (sulfide) groups is 1. The minimum absolute atomic E-state index is 0.605. The minimum atomic E-state index is 0.605. The largest absolute Gasteiger partial charge is 0.360 e. The molecule has 0 saturated heterocycles. The van der Waals surface area contributed by atoms with Crippen LogP contribution in [0.5, 0.6) is 0 Å². The zero-order valence-corrected chi connectivity index (χ0v) is 12.0. The second-order valence-electron chi connectivity index (χ2n) is 3.64. The van der Waals surface area contributed by atoms with Crippen molar-refractivity contribution in [3.63, 3.8) is 0 Å². The maximum Gasteiger partial charge on any atom is 0.182 e. The second kappa shape index (κ2) is 7.22. The predicted molar refractivity (Wildman–Crippen MR) is 82.7 cm³/mol. The van der Waals surface area contributed by atoms with Crippen molar-refractivity contribution in [1.82, 2.24) is 9.97 Å². The fourth-order valence-electron chi connectivity index (χ4n) is 1.40. The fourth-order valence-corrected chi connectivity index (χ4v) is 3.23. The van der Waals surface area contributed by atoms with Gasteiger partial charge in [0.1, 0.15) is 0 Å². The van der Waals surface area contributed by atoms with Crippen LogP contribution in [0.2, 0.25) is 0 Å². The lowest BCUT2D eigenvalue weighted by molar-refractivity contribution is 1.02. The van der Waals surface area contributed by atoms with Gasteiger partial charge in [-0.2, -0.15) is 0 Å². The van der Waals surface area contributed by atoms with Gasteiger partial charge in [0.15, 0.2) is 5.13 Å². The summed E-state index contributed by atoms with van der Waals surface area (Å²) in [5.74, 6) is 0.843. The van der Waals surface area contributed by atoms with E-state index in [1.165, 1.54) is 4.88 Å². The molecule has 3 N–H and O–H groups in total. The van der Waals surface area contributed by atoms with Crippen LogP contribution in [0.1, 0.15) is 4.88 Å². The molecule has 0 aromatic carbocycles. The summed E-state index contributed by atoms with van der Waals surface area (Å²) in [6.07, 6.45) is 5.41. The van der Waals surface area contributed by atoms with Gasteiger partial charge in [-0.15, -0.1) is 23.1 Å². The van der Waals surface area contributed by atoms with Crippen molar-refractivity contribution in [2.24, 2.45) is 10.7 Å². The first-order chi connectivity index (χ1) is 9.33. The molecule has 2 rings (SSSR count). The molecule has 0 aliphatic heterocycles. The van der Waals surface area contributed by atoms with Crippen LogP contribution in [0, 0.1) is 0 Å². The number of nitrogens with one attached hydrogen (secondary N) is 1. The minimum Gasteiger partial charge on any atom is -0.360 e. The van der Waals surface area contributed by atoms with Crippen LogP contribution in [0.3, 0.4) is 0 Å². The van der Waals surface area contributed by atoms with Crippen LogP contribution in [-0.4, -0.2) is 29.8 Å². The molecule has 19 heavy (non-hydrogen) atoms. The van der Waals surface area contributed by atoms with Gasteiger partial charge in [0.2, 0.25) is 0 Å². The smallest absolute Gasteiger partial charge is 0.182 e. The number of nitrogens with two attached hydrogens (primary N) is 1. The maximum atomic E-state index is 5.44. The number of hydrogen-bond donors (Lipinski definition) is 2. The van der Waals surface area contributed by atoms with E-state index in [0.717, 1.165) is 28.0 Å². The van der Waals surface area contributed by atoms with Crippen molar-refractivity contribution in [2.45, 2.75) is 10.6 Å². The molecule has 0 unspecified atom stereocenters. The van der Waals surface area contributed by atoms with Crippen LogP contribution in [0.25, 0.3) is 0 Å². The van der Waals surface area contributed by atoms with Crippen molar-refractivity contribution in [2.75, 3.05) is 18.4 Å². The van der Waals surface area contributed by atoms with Crippen LogP contribution >= 0.6 is 23.1 Å². The number of anilines is 1. The molecule has 0 saturated carbocycles. The van der Waals surface area contributed by atoms with Gasteiger partial charge in [-0.3, -0.25) is 9.98 Å². The van der Waals surface area contributed by atoms with Gasteiger partial charge in [-0.25, -0.2) is 4.98 Å². The molecule has 0 aliphatic carbocycles.